The molecule has 1 aliphatic heterocycles. The first-order valence-corrected chi connectivity index (χ1v) is 7.62. The Bertz CT molecular complexity index is 705. The molecule has 5 heteroatoms. The van der Waals surface area contributed by atoms with Crippen LogP contribution in [0.3, 0.4) is 0 Å². The second-order valence-corrected chi connectivity index (χ2v) is 6.74. The molecule has 0 amide bonds. The van der Waals surface area contributed by atoms with Crippen molar-refractivity contribution in [1.82, 2.24) is 0 Å². The smallest absolute Gasteiger partial charge is 0.181 e. The van der Waals surface area contributed by atoms with E-state index >= 15 is 0 Å². The van der Waals surface area contributed by atoms with Gasteiger partial charge in [-0.2, -0.15) is 0 Å². The van der Waals surface area contributed by atoms with Gasteiger partial charge in [0.05, 0.1) is 23.4 Å². The van der Waals surface area contributed by atoms with Crippen LogP contribution >= 0.6 is 11.6 Å². The van der Waals surface area contributed by atoms with Crippen LogP contribution in [-0.2, 0) is 14.6 Å². The fourth-order valence-electron chi connectivity index (χ4n) is 2.00. The van der Waals surface area contributed by atoms with Gasteiger partial charge in [0.25, 0.3) is 0 Å². The maximum Gasteiger partial charge on any atom is 0.181 e. The fraction of sp³-hybridized carbons (Fsp3) is 0.231. The summed E-state index contributed by atoms with van der Waals surface area (Å²) in [6, 6.07) is 10.5. The highest BCUT2D eigenvalue weighted by Crippen LogP contribution is 2.30. The van der Waals surface area contributed by atoms with E-state index in [9.17, 15) is 8.42 Å². The van der Waals surface area contributed by atoms with Crippen LogP contribution < -0.4 is 0 Å². The molecule has 0 spiro atoms. The predicted molar refractivity (Wildman–Crippen MR) is 70.8 cm³/mol. The van der Waals surface area contributed by atoms with Gasteiger partial charge in [0.2, 0.25) is 0 Å². The predicted octanol–water partition coefficient (Wildman–Crippen LogP) is 2.67. The van der Waals surface area contributed by atoms with Gasteiger partial charge < -0.3 is 4.74 Å². The van der Waals surface area contributed by atoms with Crippen molar-refractivity contribution in [3.8, 4) is 0 Å². The zero-order valence-corrected chi connectivity index (χ0v) is 11.0. The van der Waals surface area contributed by atoms with Crippen LogP contribution in [0.2, 0.25) is 5.02 Å². The number of hydrogen-bond donors (Lipinski definition) is 0. The van der Waals surface area contributed by atoms with Crippen LogP contribution in [0.15, 0.2) is 41.3 Å². The third-order valence-electron chi connectivity index (χ3n) is 2.97. The van der Waals surface area contributed by atoms with Crippen molar-refractivity contribution in [2.45, 2.75) is 11.0 Å². The number of ether oxygens (including phenoxy) is 1. The highest BCUT2D eigenvalue weighted by Gasteiger charge is 2.31. The largest absolute Gasteiger partial charge is 0.372 e. The molecule has 3 rings (SSSR count). The highest BCUT2D eigenvalue weighted by molar-refractivity contribution is 7.91. The summed E-state index contributed by atoms with van der Waals surface area (Å²) in [6.45, 7) is 0.532. The van der Waals surface area contributed by atoms with Gasteiger partial charge in [-0.1, -0.05) is 35.9 Å². The van der Waals surface area contributed by atoms with Crippen LogP contribution in [-0.4, -0.2) is 26.9 Å². The molecule has 0 N–H and O–H groups in total. The molecule has 94 valence electrons. The summed E-state index contributed by atoms with van der Waals surface area (Å²) in [6.07, 6.45) is -0.149. The molecule has 1 atom stereocenters. The van der Waals surface area contributed by atoms with E-state index in [0.29, 0.717) is 21.9 Å². The molecule has 2 aromatic carbocycles. The van der Waals surface area contributed by atoms with E-state index in [4.69, 9.17) is 16.3 Å². The van der Waals surface area contributed by atoms with Crippen molar-refractivity contribution >= 4 is 32.2 Å². The summed E-state index contributed by atoms with van der Waals surface area (Å²) in [5.41, 5.74) is 0. The Morgan fingerprint density at radius 2 is 1.83 bits per heavy atom. The Morgan fingerprint density at radius 1 is 1.17 bits per heavy atom. The summed E-state index contributed by atoms with van der Waals surface area (Å²) in [7, 11) is -3.32. The molecule has 1 aliphatic rings. The van der Waals surface area contributed by atoms with Crippen molar-refractivity contribution < 1.29 is 13.2 Å². The average molecular weight is 283 g/mol. The second kappa shape index (κ2) is 4.23. The zero-order valence-electron chi connectivity index (χ0n) is 9.47. The molecule has 1 saturated heterocycles. The summed E-state index contributed by atoms with van der Waals surface area (Å²) >= 11 is 6.08. The van der Waals surface area contributed by atoms with Crippen LogP contribution in [0.5, 0.6) is 0 Å². The lowest BCUT2D eigenvalue weighted by Crippen LogP contribution is -2.12. The molecule has 0 radical (unpaired) electrons. The Kier molecular flexibility index (Phi) is 2.81. The number of hydrogen-bond acceptors (Lipinski definition) is 3. The number of benzene rings is 2. The third-order valence-corrected chi connectivity index (χ3v) is 5.14. The molecule has 3 nitrogen and oxygen atoms in total. The van der Waals surface area contributed by atoms with Gasteiger partial charge >= 0.3 is 0 Å². The van der Waals surface area contributed by atoms with Gasteiger partial charge in [0.15, 0.2) is 9.84 Å². The minimum absolute atomic E-state index is 0.0403. The Morgan fingerprint density at radius 3 is 2.50 bits per heavy atom. The lowest BCUT2D eigenvalue weighted by Gasteiger charge is -2.08. The van der Waals surface area contributed by atoms with Crippen molar-refractivity contribution in [3.05, 3.63) is 41.4 Å². The van der Waals surface area contributed by atoms with Crippen LogP contribution in [0, 0.1) is 0 Å². The minimum Gasteiger partial charge on any atom is -0.372 e. The Hall–Kier alpha value is -1.10. The standard InChI is InChI=1S/C13H11ClO3S/c14-12-5-6-13(11-4-2-1-3-10(11)12)18(15,16)8-9-7-17-9/h1-6,9H,7-8H2. The topological polar surface area (TPSA) is 46.7 Å². The van der Waals surface area contributed by atoms with E-state index in [-0.39, 0.29) is 11.9 Å². The van der Waals surface area contributed by atoms with Gasteiger partial charge in [-0.15, -0.1) is 0 Å². The average Bonchev–Trinajstić information content (AvgIpc) is 3.12. The second-order valence-electron chi connectivity index (χ2n) is 4.33. The lowest BCUT2D eigenvalue weighted by molar-refractivity contribution is 0.422. The maximum absolute atomic E-state index is 12.3. The highest BCUT2D eigenvalue weighted by atomic mass is 35.5. The summed E-state index contributed by atoms with van der Waals surface area (Å²) < 4.78 is 29.6. The van der Waals surface area contributed by atoms with Gasteiger partial charge in [-0.3, -0.25) is 0 Å². The van der Waals surface area contributed by atoms with Crippen molar-refractivity contribution in [2.24, 2.45) is 0 Å². The number of halogens is 1. The van der Waals surface area contributed by atoms with E-state index in [2.05, 4.69) is 0 Å². The van der Waals surface area contributed by atoms with Crippen LogP contribution in [0.4, 0.5) is 0 Å². The van der Waals surface area contributed by atoms with Crippen molar-refractivity contribution in [2.75, 3.05) is 12.4 Å². The van der Waals surface area contributed by atoms with Crippen LogP contribution in [0.1, 0.15) is 0 Å². The Balaban J connectivity index is 2.20. The summed E-state index contributed by atoms with van der Waals surface area (Å²) in [5, 5.41) is 2.00. The first-order chi connectivity index (χ1) is 8.58. The minimum atomic E-state index is -3.32. The molecular formula is C13H11ClO3S. The number of sulfone groups is 1. The van der Waals surface area contributed by atoms with Crippen molar-refractivity contribution in [3.63, 3.8) is 0 Å². The first-order valence-electron chi connectivity index (χ1n) is 5.59. The molecule has 18 heavy (non-hydrogen) atoms. The molecule has 1 heterocycles. The number of epoxide rings is 1. The maximum atomic E-state index is 12.3. The van der Waals surface area contributed by atoms with E-state index in [1.54, 1.807) is 18.2 Å². The Labute approximate surface area is 110 Å². The zero-order chi connectivity index (χ0) is 12.8. The third kappa shape index (κ3) is 2.11. The van der Waals surface area contributed by atoms with Crippen LogP contribution in [0.25, 0.3) is 10.8 Å². The quantitative estimate of drug-likeness (QED) is 0.813. The number of rotatable bonds is 3. The van der Waals surface area contributed by atoms with E-state index in [1.807, 2.05) is 18.2 Å². The molecular weight excluding hydrogens is 272 g/mol. The summed E-state index contributed by atoms with van der Waals surface area (Å²) in [5.74, 6) is 0.0403. The lowest BCUT2D eigenvalue weighted by atomic mass is 10.1. The SMILES string of the molecule is O=S(=O)(CC1CO1)c1ccc(Cl)c2ccccc12. The van der Waals surface area contributed by atoms with Gasteiger partial charge in [-0.05, 0) is 12.1 Å². The molecule has 1 unspecified atom stereocenters. The van der Waals surface area contributed by atoms with E-state index in [1.165, 1.54) is 0 Å². The van der Waals surface area contributed by atoms with E-state index < -0.39 is 9.84 Å². The molecule has 0 bridgehead atoms. The number of fused-ring (bicyclic) bond motifs is 1. The normalized spacial score (nSPS) is 19.1. The summed E-state index contributed by atoms with van der Waals surface area (Å²) in [4.78, 5) is 0.331. The van der Waals surface area contributed by atoms with Gasteiger partial charge in [0.1, 0.15) is 0 Å². The van der Waals surface area contributed by atoms with Gasteiger partial charge in [0, 0.05) is 15.8 Å². The molecule has 0 aliphatic carbocycles. The monoisotopic (exact) mass is 282 g/mol. The first kappa shape index (κ1) is 12.0. The molecule has 2 aromatic rings. The van der Waals surface area contributed by atoms with Gasteiger partial charge in [-0.25, -0.2) is 8.42 Å². The van der Waals surface area contributed by atoms with Crippen molar-refractivity contribution in [1.29, 1.82) is 0 Å². The molecule has 1 fully saturated rings. The molecule has 0 saturated carbocycles. The fourth-order valence-corrected chi connectivity index (χ4v) is 3.88. The van der Waals surface area contributed by atoms with E-state index in [0.717, 1.165) is 5.39 Å². The molecule has 0 aromatic heterocycles.